The van der Waals surface area contributed by atoms with E-state index in [0.29, 0.717) is 0 Å². The van der Waals surface area contributed by atoms with E-state index in [1.165, 1.54) is 33.0 Å². The second-order valence-corrected chi connectivity index (χ2v) is 11.8. The second-order valence-electron chi connectivity index (χ2n) is 11.8. The van der Waals surface area contributed by atoms with E-state index in [1.807, 2.05) is 43.6 Å². The number of furan rings is 1. The molecule has 4 aromatic carbocycles. The molecule has 47 heavy (non-hydrogen) atoms. The Kier molecular flexibility index (Phi) is 9.13. The third-order valence-electron chi connectivity index (χ3n) is 8.62. The van der Waals surface area contributed by atoms with Gasteiger partial charge in [-0.05, 0) is 72.1 Å². The average molecular weight is 788 g/mol. The maximum Gasteiger partial charge on any atom is 0.0847 e. The number of pyridine rings is 3. The van der Waals surface area contributed by atoms with Crippen molar-refractivity contribution in [3.8, 4) is 33.6 Å². The molecule has 0 saturated carbocycles. The topological polar surface area (TPSA) is 51.8 Å². The summed E-state index contributed by atoms with van der Waals surface area (Å²) in [6, 6.07) is 38.2. The summed E-state index contributed by atoms with van der Waals surface area (Å²) in [5, 5.41) is 4.33. The maximum atomic E-state index is 5.73. The quantitative estimate of drug-likeness (QED) is 0.167. The van der Waals surface area contributed by atoms with E-state index in [2.05, 4.69) is 112 Å². The number of hydrogen-bond donors (Lipinski definition) is 0. The van der Waals surface area contributed by atoms with Gasteiger partial charge in [-0.2, -0.15) is 0 Å². The van der Waals surface area contributed by atoms with Gasteiger partial charge in [-0.15, -0.1) is 41.0 Å². The van der Waals surface area contributed by atoms with Crippen molar-refractivity contribution in [2.45, 2.75) is 34.6 Å². The first-order valence-electron chi connectivity index (χ1n) is 15.4. The van der Waals surface area contributed by atoms with Crippen molar-refractivity contribution < 1.29 is 24.5 Å². The van der Waals surface area contributed by atoms with E-state index in [1.54, 1.807) is 6.26 Å². The first-order chi connectivity index (χ1) is 22.4. The minimum absolute atomic E-state index is 0. The van der Waals surface area contributed by atoms with Crippen molar-refractivity contribution in [1.29, 1.82) is 0 Å². The molecule has 1 radical (unpaired) electrons. The normalized spacial score (nSPS) is 10.9. The van der Waals surface area contributed by atoms with Crippen LogP contribution in [0.25, 0.3) is 66.3 Å². The van der Waals surface area contributed by atoms with Crippen molar-refractivity contribution in [3.63, 3.8) is 0 Å². The molecule has 233 valence electrons. The van der Waals surface area contributed by atoms with Crippen molar-refractivity contribution in [3.05, 3.63) is 150 Å². The average Bonchev–Trinajstić information content (AvgIpc) is 3.56. The van der Waals surface area contributed by atoms with Gasteiger partial charge in [-0.25, -0.2) is 0 Å². The molecule has 0 aliphatic rings. The fourth-order valence-electron chi connectivity index (χ4n) is 5.70. The largest absolute Gasteiger partial charge is 0.506 e. The Hall–Kier alpha value is -4.96. The van der Waals surface area contributed by atoms with Crippen LogP contribution >= 0.6 is 0 Å². The molecule has 0 amide bonds. The minimum atomic E-state index is 0. The zero-order chi connectivity index (χ0) is 31.8. The molecule has 0 spiro atoms. The van der Waals surface area contributed by atoms with Gasteiger partial charge >= 0.3 is 0 Å². The Balaban J connectivity index is 0.000000194. The Morgan fingerprint density at radius 3 is 2.32 bits per heavy atom. The third-order valence-corrected chi connectivity index (χ3v) is 8.62. The molecule has 4 nitrogen and oxygen atoms in total. The molecular weight excluding hydrogens is 755 g/mol. The van der Waals surface area contributed by atoms with E-state index < -0.39 is 0 Å². The molecule has 0 saturated heterocycles. The third kappa shape index (κ3) is 6.38. The summed E-state index contributed by atoms with van der Waals surface area (Å²) in [4.78, 5) is 14.0. The van der Waals surface area contributed by atoms with Crippen LogP contribution in [0.4, 0.5) is 0 Å². The van der Waals surface area contributed by atoms with Crippen LogP contribution < -0.4 is 0 Å². The number of aromatic nitrogens is 3. The predicted molar refractivity (Wildman–Crippen MR) is 189 cm³/mol. The van der Waals surface area contributed by atoms with Crippen LogP contribution in [-0.2, 0) is 20.1 Å². The van der Waals surface area contributed by atoms with E-state index in [9.17, 15) is 0 Å². The van der Waals surface area contributed by atoms with Crippen LogP contribution in [0.2, 0.25) is 0 Å². The van der Waals surface area contributed by atoms with E-state index >= 15 is 0 Å². The summed E-state index contributed by atoms with van der Waals surface area (Å²) < 4.78 is 5.73. The molecule has 8 aromatic rings. The molecule has 5 heteroatoms. The summed E-state index contributed by atoms with van der Waals surface area (Å²) in [5.74, 6) is 0. The van der Waals surface area contributed by atoms with Gasteiger partial charge in [-0.3, -0.25) is 9.97 Å². The van der Waals surface area contributed by atoms with Crippen LogP contribution in [0.5, 0.6) is 0 Å². The number of aryl methyl sites for hydroxylation is 5. The molecule has 4 aromatic heterocycles. The summed E-state index contributed by atoms with van der Waals surface area (Å²) in [7, 11) is 0. The van der Waals surface area contributed by atoms with Crippen molar-refractivity contribution >= 4 is 32.6 Å². The van der Waals surface area contributed by atoms with E-state index in [0.717, 1.165) is 61.2 Å². The van der Waals surface area contributed by atoms with Crippen LogP contribution in [-0.4, -0.2) is 15.0 Å². The number of nitrogens with zero attached hydrogens (tertiary/aromatic N) is 3. The number of hydrogen-bond acceptors (Lipinski definition) is 4. The zero-order valence-corrected chi connectivity index (χ0v) is 29.4. The Morgan fingerprint density at radius 2 is 1.51 bits per heavy atom. The molecular formula is C42H33IrN3O-2. The monoisotopic (exact) mass is 788 g/mol. The van der Waals surface area contributed by atoms with Crippen LogP contribution in [0.3, 0.4) is 0 Å². The summed E-state index contributed by atoms with van der Waals surface area (Å²) in [5.41, 5.74) is 13.7. The van der Waals surface area contributed by atoms with Gasteiger partial charge in [0.25, 0.3) is 0 Å². The predicted octanol–water partition coefficient (Wildman–Crippen LogP) is 10.8. The Bertz CT molecular complexity index is 2340. The molecule has 0 aliphatic carbocycles. The Morgan fingerprint density at radius 1 is 0.702 bits per heavy atom. The molecule has 0 unspecified atom stereocenters. The van der Waals surface area contributed by atoms with Gasteiger partial charge in [0.2, 0.25) is 0 Å². The van der Waals surface area contributed by atoms with Gasteiger partial charge in [0.05, 0.1) is 5.58 Å². The SMILES string of the molecule is Cc1c[c-]c(-c2cc(C)c(C)cn2)cc1C.Cc1ccc2c(-c3ncccc3-c3ccc4ccccc4c3)[c-]c3ccoc3c2n1.[Ir]. The van der Waals surface area contributed by atoms with Gasteiger partial charge in [-0.1, -0.05) is 96.4 Å². The maximum absolute atomic E-state index is 5.73. The molecule has 8 rings (SSSR count). The second kappa shape index (κ2) is 13.4. The smallest absolute Gasteiger partial charge is 0.0847 e. The molecule has 0 atom stereocenters. The van der Waals surface area contributed by atoms with Gasteiger partial charge in [0, 0.05) is 55.7 Å². The summed E-state index contributed by atoms with van der Waals surface area (Å²) in [6.07, 6.45) is 5.45. The summed E-state index contributed by atoms with van der Waals surface area (Å²) >= 11 is 0. The standard InChI is InChI=1S/C27H17N2O.C15H16N.Ir/c1-17-8-11-23-24(16-21-12-14-30-27(21)26(23)29-17)25-22(7-4-13-28-25)20-10-9-18-5-2-3-6-19(18)15-20;1-10-5-6-14(7-11(10)2)15-8-12(3)13(4)9-16-15;/h2-15H,1H3;5,7-9H,1-4H3;/q2*-1;. The van der Waals surface area contributed by atoms with Crippen LogP contribution in [0, 0.1) is 46.8 Å². The number of fused-ring (bicyclic) bond motifs is 4. The van der Waals surface area contributed by atoms with Gasteiger partial charge in [0.1, 0.15) is 0 Å². The molecule has 0 aliphatic heterocycles. The molecule has 0 fully saturated rings. The summed E-state index contributed by atoms with van der Waals surface area (Å²) in [6.45, 7) is 10.4. The van der Waals surface area contributed by atoms with Crippen molar-refractivity contribution in [2.75, 3.05) is 0 Å². The van der Waals surface area contributed by atoms with Crippen molar-refractivity contribution in [1.82, 2.24) is 15.0 Å². The first-order valence-corrected chi connectivity index (χ1v) is 15.4. The Labute approximate surface area is 288 Å². The fraction of sp³-hybridized carbons (Fsp3) is 0.119. The number of benzene rings is 4. The zero-order valence-electron chi connectivity index (χ0n) is 27.0. The van der Waals surface area contributed by atoms with Crippen LogP contribution in [0.15, 0.2) is 114 Å². The number of rotatable bonds is 3. The first kappa shape index (κ1) is 32.0. The fourth-order valence-corrected chi connectivity index (χ4v) is 5.70. The van der Waals surface area contributed by atoms with E-state index in [4.69, 9.17) is 14.4 Å². The van der Waals surface area contributed by atoms with E-state index in [-0.39, 0.29) is 20.1 Å². The van der Waals surface area contributed by atoms with Crippen molar-refractivity contribution in [2.24, 2.45) is 0 Å². The molecule has 0 N–H and O–H groups in total. The molecule has 0 bridgehead atoms. The molecule has 4 heterocycles. The van der Waals surface area contributed by atoms with Gasteiger partial charge < -0.3 is 9.40 Å². The van der Waals surface area contributed by atoms with Gasteiger partial charge in [0.15, 0.2) is 0 Å². The van der Waals surface area contributed by atoms with Crippen LogP contribution in [0.1, 0.15) is 27.9 Å². The minimum Gasteiger partial charge on any atom is -0.506 e.